The summed E-state index contributed by atoms with van der Waals surface area (Å²) >= 11 is 0. The molecule has 0 bridgehead atoms. The first kappa shape index (κ1) is 6.01. The van der Waals surface area contributed by atoms with Crippen LogP contribution >= 0.6 is 0 Å². The van der Waals surface area contributed by atoms with E-state index < -0.39 is 0 Å². The first-order chi connectivity index (χ1) is 4.34. The van der Waals surface area contributed by atoms with Gasteiger partial charge in [-0.25, -0.2) is 4.68 Å². The molecular weight excluding hydrogens is 114 g/mol. The van der Waals surface area contributed by atoms with Crippen molar-refractivity contribution in [2.75, 3.05) is 7.05 Å². The van der Waals surface area contributed by atoms with Crippen molar-refractivity contribution in [2.24, 2.45) is 4.99 Å². The van der Waals surface area contributed by atoms with Crippen molar-refractivity contribution in [3.8, 4) is 0 Å². The Kier molecular flexibility index (Phi) is 1.63. The first-order valence-corrected chi connectivity index (χ1v) is 2.78. The van der Waals surface area contributed by atoms with Crippen LogP contribution in [0, 0.1) is 0 Å². The molecule has 0 aliphatic heterocycles. The summed E-state index contributed by atoms with van der Waals surface area (Å²) in [7, 11) is 1.75. The molecule has 48 valence electrons. The van der Waals surface area contributed by atoms with Crippen LogP contribution in [-0.2, 0) is 0 Å². The van der Waals surface area contributed by atoms with Gasteiger partial charge in [0.25, 0.3) is 0 Å². The van der Waals surface area contributed by atoms with Crippen LogP contribution in [0.2, 0.25) is 0 Å². The van der Waals surface area contributed by atoms with Crippen LogP contribution in [0.3, 0.4) is 0 Å². The van der Waals surface area contributed by atoms with Gasteiger partial charge < -0.3 is 0 Å². The highest BCUT2D eigenvalue weighted by Crippen LogP contribution is 1.83. The minimum Gasteiger partial charge on any atom is -0.274 e. The quantitative estimate of drug-likeness (QED) is 0.370. The molecule has 1 rings (SSSR count). The maximum Gasteiger partial charge on any atom is 0.121 e. The molecule has 3 nitrogen and oxygen atoms in total. The lowest BCUT2D eigenvalue weighted by Crippen LogP contribution is -2.06. The highest BCUT2D eigenvalue weighted by Gasteiger charge is 1.88. The van der Waals surface area contributed by atoms with Crippen LogP contribution in [0.5, 0.6) is 0 Å². The average Bonchev–Trinajstić information content (AvgIpc) is 2.37. The van der Waals surface area contributed by atoms with Gasteiger partial charge in [-0.05, 0) is 13.0 Å². The molecule has 3 heteroatoms. The zero-order chi connectivity index (χ0) is 6.69. The second kappa shape index (κ2) is 2.44. The van der Waals surface area contributed by atoms with E-state index in [1.807, 2.05) is 19.2 Å². The Morgan fingerprint density at radius 3 is 2.89 bits per heavy atom. The maximum absolute atomic E-state index is 3.97. The van der Waals surface area contributed by atoms with Crippen LogP contribution in [0.4, 0.5) is 0 Å². The third kappa shape index (κ3) is 1.16. The summed E-state index contributed by atoms with van der Waals surface area (Å²) in [6, 6.07) is 1.87. The summed E-state index contributed by atoms with van der Waals surface area (Å²) in [6.07, 6.45) is 3.59. The van der Waals surface area contributed by atoms with Crippen molar-refractivity contribution >= 4 is 5.84 Å². The van der Waals surface area contributed by atoms with Gasteiger partial charge in [0.15, 0.2) is 0 Å². The molecule has 1 aromatic heterocycles. The summed E-state index contributed by atoms with van der Waals surface area (Å²) in [5.74, 6) is 0.903. The molecule has 0 fully saturated rings. The van der Waals surface area contributed by atoms with Crippen molar-refractivity contribution in [1.82, 2.24) is 9.78 Å². The molecule has 0 unspecified atom stereocenters. The van der Waals surface area contributed by atoms with Gasteiger partial charge in [-0.3, -0.25) is 4.99 Å². The Hall–Kier alpha value is -1.12. The van der Waals surface area contributed by atoms with Crippen LogP contribution in [0.25, 0.3) is 0 Å². The van der Waals surface area contributed by atoms with E-state index in [0.717, 1.165) is 5.84 Å². The number of rotatable bonds is 0. The summed E-state index contributed by atoms with van der Waals surface area (Å²) in [5, 5.41) is 3.97. The Balaban J connectivity index is 2.90. The summed E-state index contributed by atoms with van der Waals surface area (Å²) < 4.78 is 1.72. The Labute approximate surface area is 54.0 Å². The highest BCUT2D eigenvalue weighted by atomic mass is 15.3. The van der Waals surface area contributed by atoms with E-state index >= 15 is 0 Å². The van der Waals surface area contributed by atoms with Gasteiger partial charge in [-0.15, -0.1) is 0 Å². The maximum atomic E-state index is 3.97. The number of aliphatic imine (C=N–C) groups is 1. The number of hydrogen-bond donors (Lipinski definition) is 0. The summed E-state index contributed by atoms with van der Waals surface area (Å²) in [6.45, 7) is 1.91. The zero-order valence-electron chi connectivity index (χ0n) is 5.57. The molecule has 1 heterocycles. The molecule has 1 aromatic rings. The van der Waals surface area contributed by atoms with Crippen LogP contribution < -0.4 is 0 Å². The van der Waals surface area contributed by atoms with E-state index in [2.05, 4.69) is 10.1 Å². The predicted molar refractivity (Wildman–Crippen MR) is 36.7 cm³/mol. The third-order valence-electron chi connectivity index (χ3n) is 1.16. The van der Waals surface area contributed by atoms with Gasteiger partial charge in [0.05, 0.1) is 0 Å². The second-order valence-corrected chi connectivity index (χ2v) is 1.72. The van der Waals surface area contributed by atoms with Crippen LogP contribution in [-0.4, -0.2) is 22.7 Å². The van der Waals surface area contributed by atoms with Gasteiger partial charge >= 0.3 is 0 Å². The summed E-state index contributed by atoms with van der Waals surface area (Å²) in [5.41, 5.74) is 0. The van der Waals surface area contributed by atoms with Crippen LogP contribution in [0.1, 0.15) is 6.92 Å². The number of nitrogens with zero attached hydrogens (tertiary/aromatic N) is 3. The van der Waals surface area contributed by atoms with E-state index in [1.54, 1.807) is 17.9 Å². The average molecular weight is 123 g/mol. The molecule has 0 atom stereocenters. The molecule has 0 saturated carbocycles. The van der Waals surface area contributed by atoms with Crippen LogP contribution in [0.15, 0.2) is 23.5 Å². The van der Waals surface area contributed by atoms with E-state index in [-0.39, 0.29) is 0 Å². The molecule has 0 radical (unpaired) electrons. The SMILES string of the molecule is CN=C(C)n1cccn1. The fourth-order valence-electron chi connectivity index (χ4n) is 0.563. The lowest BCUT2D eigenvalue weighted by molar-refractivity contribution is 0.923. The normalized spacial score (nSPS) is 12.0. The van der Waals surface area contributed by atoms with Gasteiger partial charge in [0, 0.05) is 19.4 Å². The number of hydrogen-bond acceptors (Lipinski definition) is 2. The largest absolute Gasteiger partial charge is 0.274 e. The van der Waals surface area contributed by atoms with Gasteiger partial charge in [-0.2, -0.15) is 5.10 Å². The van der Waals surface area contributed by atoms with Gasteiger partial charge in [0.1, 0.15) is 5.84 Å². The van der Waals surface area contributed by atoms with E-state index in [0.29, 0.717) is 0 Å². The molecular formula is C6H9N3. The molecule has 0 amide bonds. The van der Waals surface area contributed by atoms with Crippen molar-refractivity contribution in [3.05, 3.63) is 18.5 Å². The monoisotopic (exact) mass is 123 g/mol. The van der Waals surface area contributed by atoms with Crippen molar-refractivity contribution < 1.29 is 0 Å². The van der Waals surface area contributed by atoms with E-state index in [9.17, 15) is 0 Å². The third-order valence-corrected chi connectivity index (χ3v) is 1.16. The molecule has 0 N–H and O–H groups in total. The minimum atomic E-state index is 0.903. The fraction of sp³-hybridized carbons (Fsp3) is 0.333. The Bertz CT molecular complexity index is 198. The standard InChI is InChI=1S/C6H9N3/c1-6(7-2)9-5-3-4-8-9/h3-5H,1-2H3. The van der Waals surface area contributed by atoms with E-state index in [4.69, 9.17) is 0 Å². The Morgan fingerprint density at radius 2 is 2.44 bits per heavy atom. The van der Waals surface area contributed by atoms with Crippen molar-refractivity contribution in [1.29, 1.82) is 0 Å². The molecule has 0 saturated heterocycles. The highest BCUT2D eigenvalue weighted by molar-refractivity contribution is 5.80. The summed E-state index contributed by atoms with van der Waals surface area (Å²) in [4.78, 5) is 3.95. The topological polar surface area (TPSA) is 30.2 Å². The van der Waals surface area contributed by atoms with Gasteiger partial charge in [-0.1, -0.05) is 0 Å². The molecule has 0 spiro atoms. The lowest BCUT2D eigenvalue weighted by atomic mass is 10.6. The zero-order valence-corrected chi connectivity index (χ0v) is 5.57. The molecule has 9 heavy (non-hydrogen) atoms. The number of aromatic nitrogens is 2. The van der Waals surface area contributed by atoms with E-state index in [1.165, 1.54) is 0 Å². The van der Waals surface area contributed by atoms with Gasteiger partial charge in [0.2, 0.25) is 0 Å². The lowest BCUT2D eigenvalue weighted by Gasteiger charge is -1.94. The molecule has 0 aliphatic carbocycles. The minimum absolute atomic E-state index is 0.903. The van der Waals surface area contributed by atoms with Crippen molar-refractivity contribution in [3.63, 3.8) is 0 Å². The molecule has 0 aromatic carbocycles. The first-order valence-electron chi connectivity index (χ1n) is 2.78. The predicted octanol–water partition coefficient (Wildman–Crippen LogP) is 0.779. The second-order valence-electron chi connectivity index (χ2n) is 1.72. The van der Waals surface area contributed by atoms with Crippen molar-refractivity contribution in [2.45, 2.75) is 6.92 Å². The fourth-order valence-corrected chi connectivity index (χ4v) is 0.563. The Morgan fingerprint density at radius 1 is 1.67 bits per heavy atom. The smallest absolute Gasteiger partial charge is 0.121 e. The molecule has 0 aliphatic rings.